The third-order valence-electron chi connectivity index (χ3n) is 5.68. The molecule has 1 aliphatic heterocycles. The number of carbonyl (C=O) groups excluding carboxylic acids is 2. The predicted octanol–water partition coefficient (Wildman–Crippen LogP) is 4.95. The molecule has 3 aromatic rings. The van der Waals surface area contributed by atoms with Crippen LogP contribution in [-0.4, -0.2) is 42.4 Å². The van der Waals surface area contributed by atoms with Gasteiger partial charge in [-0.1, -0.05) is 30.0 Å². The van der Waals surface area contributed by atoms with E-state index in [0.29, 0.717) is 17.1 Å². The summed E-state index contributed by atoms with van der Waals surface area (Å²) in [4.78, 5) is 28.7. The largest absolute Gasteiger partial charge is 0.379 e. The molecule has 0 radical (unpaired) electrons. The van der Waals surface area contributed by atoms with Crippen molar-refractivity contribution in [2.45, 2.75) is 42.3 Å². The van der Waals surface area contributed by atoms with Crippen molar-refractivity contribution in [2.24, 2.45) is 0 Å². The van der Waals surface area contributed by atoms with Crippen molar-refractivity contribution in [1.82, 2.24) is 5.32 Å². The zero-order valence-electron chi connectivity index (χ0n) is 20.3. The Morgan fingerprint density at radius 3 is 2.39 bits per heavy atom. The van der Waals surface area contributed by atoms with Gasteiger partial charge in [-0.15, -0.1) is 0 Å². The first kappa shape index (κ1) is 25.6. The van der Waals surface area contributed by atoms with Crippen molar-refractivity contribution in [2.75, 3.05) is 33.9 Å². The molecule has 0 aliphatic carbocycles. The number of anilines is 4. The lowest BCUT2D eigenvalue weighted by atomic mass is 10.2. The maximum absolute atomic E-state index is 12.7. The van der Waals surface area contributed by atoms with Crippen LogP contribution in [0.1, 0.15) is 20.3 Å². The number of urea groups is 1. The SMILES string of the molecule is CC(=O)Nc1cc(Sc2ccccc2)ccc1NC(=O)Nc1ccc(N2CCC(NC(C)O)C2)cc1. The predicted molar refractivity (Wildman–Crippen MR) is 146 cm³/mol. The van der Waals surface area contributed by atoms with Gasteiger partial charge < -0.3 is 26.0 Å². The summed E-state index contributed by atoms with van der Waals surface area (Å²) in [5.41, 5.74) is 2.76. The van der Waals surface area contributed by atoms with Crippen molar-refractivity contribution in [3.05, 3.63) is 72.8 Å². The number of nitrogens with zero attached hydrogens (tertiary/aromatic N) is 1. The summed E-state index contributed by atoms with van der Waals surface area (Å²) >= 11 is 1.57. The number of amides is 3. The number of rotatable bonds is 8. The Kier molecular flexibility index (Phi) is 8.48. The van der Waals surface area contributed by atoms with Crippen LogP contribution in [-0.2, 0) is 4.79 Å². The van der Waals surface area contributed by atoms with Gasteiger partial charge in [0.05, 0.1) is 11.4 Å². The fraction of sp³-hybridized carbons (Fsp3) is 0.259. The van der Waals surface area contributed by atoms with Gasteiger partial charge >= 0.3 is 6.03 Å². The molecule has 0 spiro atoms. The fourth-order valence-electron chi connectivity index (χ4n) is 4.13. The van der Waals surface area contributed by atoms with E-state index >= 15 is 0 Å². The van der Waals surface area contributed by atoms with E-state index in [4.69, 9.17) is 0 Å². The van der Waals surface area contributed by atoms with Crippen molar-refractivity contribution >= 4 is 46.4 Å². The van der Waals surface area contributed by atoms with Crippen LogP contribution in [0.3, 0.4) is 0 Å². The van der Waals surface area contributed by atoms with E-state index in [1.165, 1.54) is 6.92 Å². The first-order chi connectivity index (χ1) is 17.4. The van der Waals surface area contributed by atoms with E-state index in [-0.39, 0.29) is 11.9 Å². The first-order valence-electron chi connectivity index (χ1n) is 11.9. The van der Waals surface area contributed by atoms with Gasteiger partial charge in [-0.05, 0) is 67.9 Å². The van der Waals surface area contributed by atoms with Crippen LogP contribution in [0.2, 0.25) is 0 Å². The summed E-state index contributed by atoms with van der Waals surface area (Å²) in [5.74, 6) is -0.219. The number of aliphatic hydroxyl groups excluding tert-OH is 1. The molecule has 1 saturated heterocycles. The zero-order valence-corrected chi connectivity index (χ0v) is 21.1. The average Bonchev–Trinajstić information content (AvgIpc) is 3.29. The Morgan fingerprint density at radius 2 is 1.69 bits per heavy atom. The molecule has 3 aromatic carbocycles. The molecular formula is C27H31N5O3S. The van der Waals surface area contributed by atoms with E-state index in [2.05, 4.69) is 26.2 Å². The molecule has 1 heterocycles. The van der Waals surface area contributed by atoms with E-state index in [0.717, 1.165) is 35.0 Å². The van der Waals surface area contributed by atoms with E-state index in [1.54, 1.807) is 24.8 Å². The summed E-state index contributed by atoms with van der Waals surface area (Å²) in [6.45, 7) is 4.89. The van der Waals surface area contributed by atoms with Crippen LogP contribution in [0.4, 0.5) is 27.5 Å². The van der Waals surface area contributed by atoms with Gasteiger partial charge in [0.15, 0.2) is 0 Å². The highest BCUT2D eigenvalue weighted by Gasteiger charge is 2.23. The number of carbonyl (C=O) groups is 2. The molecule has 0 aromatic heterocycles. The lowest BCUT2D eigenvalue weighted by molar-refractivity contribution is -0.114. The minimum Gasteiger partial charge on any atom is -0.379 e. The van der Waals surface area contributed by atoms with Gasteiger partial charge in [0.1, 0.15) is 6.23 Å². The number of hydrogen-bond donors (Lipinski definition) is 5. The fourth-order valence-corrected chi connectivity index (χ4v) is 5.00. The molecule has 5 N–H and O–H groups in total. The van der Waals surface area contributed by atoms with Gasteiger partial charge in [-0.2, -0.15) is 0 Å². The van der Waals surface area contributed by atoms with Gasteiger partial charge in [0.2, 0.25) is 5.91 Å². The van der Waals surface area contributed by atoms with Gasteiger partial charge in [0, 0.05) is 47.2 Å². The Labute approximate surface area is 215 Å². The minimum absolute atomic E-state index is 0.219. The standard InChI is InChI=1S/C27H31N5O3S/c1-18(33)28-21-14-15-32(17-21)22-10-8-20(9-11-22)30-27(35)31-25-13-12-24(16-26(25)29-19(2)34)36-23-6-4-3-5-7-23/h3-13,16,18,21,28,33H,14-15,17H2,1-2H3,(H,29,34)(H2,30,31,35). The summed E-state index contributed by atoms with van der Waals surface area (Å²) in [5, 5.41) is 21.2. The minimum atomic E-state index is -0.523. The molecule has 0 saturated carbocycles. The number of aliphatic hydroxyl groups is 1. The van der Waals surface area contributed by atoms with Gasteiger partial charge in [-0.25, -0.2) is 4.79 Å². The molecular weight excluding hydrogens is 474 g/mol. The monoisotopic (exact) mass is 505 g/mol. The second-order valence-electron chi connectivity index (χ2n) is 8.70. The maximum Gasteiger partial charge on any atom is 0.323 e. The number of nitrogens with one attached hydrogen (secondary N) is 4. The van der Waals surface area contributed by atoms with E-state index in [1.807, 2.05) is 66.7 Å². The molecule has 36 heavy (non-hydrogen) atoms. The highest BCUT2D eigenvalue weighted by atomic mass is 32.2. The molecule has 1 fully saturated rings. The normalized spacial score (nSPS) is 15.9. The Balaban J connectivity index is 1.38. The Bertz CT molecular complexity index is 1190. The van der Waals surface area contributed by atoms with Crippen molar-refractivity contribution in [1.29, 1.82) is 0 Å². The maximum atomic E-state index is 12.7. The molecule has 1 aliphatic rings. The third-order valence-corrected chi connectivity index (χ3v) is 6.68. The quantitative estimate of drug-likeness (QED) is 0.278. The summed E-state index contributed by atoms with van der Waals surface area (Å²) in [6.07, 6.45) is 0.442. The van der Waals surface area contributed by atoms with Crippen molar-refractivity contribution < 1.29 is 14.7 Å². The van der Waals surface area contributed by atoms with Crippen LogP contribution < -0.4 is 26.2 Å². The molecule has 0 bridgehead atoms. The topological polar surface area (TPSA) is 106 Å². The van der Waals surface area contributed by atoms with Gasteiger partial charge in [-0.3, -0.25) is 10.1 Å². The van der Waals surface area contributed by atoms with Crippen molar-refractivity contribution in [3.63, 3.8) is 0 Å². The highest BCUT2D eigenvalue weighted by molar-refractivity contribution is 7.99. The molecule has 3 amide bonds. The molecule has 2 atom stereocenters. The molecule has 188 valence electrons. The van der Waals surface area contributed by atoms with Crippen LogP contribution >= 0.6 is 11.8 Å². The van der Waals surface area contributed by atoms with E-state index in [9.17, 15) is 14.7 Å². The lowest BCUT2D eigenvalue weighted by Gasteiger charge is -2.20. The summed E-state index contributed by atoms with van der Waals surface area (Å²) in [7, 11) is 0. The highest BCUT2D eigenvalue weighted by Crippen LogP contribution is 2.33. The van der Waals surface area contributed by atoms with E-state index < -0.39 is 12.3 Å². The van der Waals surface area contributed by atoms with Crippen molar-refractivity contribution in [3.8, 4) is 0 Å². The summed E-state index contributed by atoms with van der Waals surface area (Å²) < 4.78 is 0. The number of benzene rings is 3. The molecule has 8 nitrogen and oxygen atoms in total. The smallest absolute Gasteiger partial charge is 0.323 e. The molecule has 9 heteroatoms. The van der Waals surface area contributed by atoms with Crippen LogP contribution in [0.15, 0.2) is 82.6 Å². The second kappa shape index (κ2) is 11.9. The lowest BCUT2D eigenvalue weighted by Crippen LogP contribution is -2.38. The second-order valence-corrected chi connectivity index (χ2v) is 9.85. The first-order valence-corrected chi connectivity index (χ1v) is 12.7. The third kappa shape index (κ3) is 7.24. The summed E-state index contributed by atoms with van der Waals surface area (Å²) in [6, 6.07) is 23.0. The number of hydrogen-bond acceptors (Lipinski definition) is 6. The molecule has 2 unspecified atom stereocenters. The van der Waals surface area contributed by atoms with Gasteiger partial charge in [0.25, 0.3) is 0 Å². The van der Waals surface area contributed by atoms with Crippen LogP contribution in [0.25, 0.3) is 0 Å². The Hall–Kier alpha value is -3.53. The zero-order chi connectivity index (χ0) is 25.5. The average molecular weight is 506 g/mol. The molecule has 4 rings (SSSR count). The van der Waals surface area contributed by atoms with Crippen LogP contribution in [0.5, 0.6) is 0 Å². The Morgan fingerprint density at radius 1 is 0.944 bits per heavy atom. The van der Waals surface area contributed by atoms with Crippen LogP contribution in [0, 0.1) is 0 Å².